The molecule has 158 valence electrons. The molecule has 0 heterocycles. The zero-order chi connectivity index (χ0) is 21.8. The number of likely N-dealkylation sites (N-methyl/N-ethyl adjacent to an activating group) is 1. The van der Waals surface area contributed by atoms with Gasteiger partial charge in [0, 0.05) is 11.5 Å². The lowest BCUT2D eigenvalue weighted by Crippen LogP contribution is -2.36. The number of halogens is 1. The summed E-state index contributed by atoms with van der Waals surface area (Å²) in [5.74, 6) is 0.109. The third-order valence-electron chi connectivity index (χ3n) is 3.73. The third kappa shape index (κ3) is 6.73. The highest BCUT2D eigenvalue weighted by Crippen LogP contribution is 2.26. The zero-order valence-electron chi connectivity index (χ0n) is 16.6. The molecule has 0 fully saturated rings. The fourth-order valence-electron chi connectivity index (χ4n) is 2.34. The molecule has 0 aliphatic heterocycles. The van der Waals surface area contributed by atoms with Gasteiger partial charge in [0.25, 0.3) is 0 Å². The van der Waals surface area contributed by atoms with Crippen molar-refractivity contribution in [2.24, 2.45) is 0 Å². The van der Waals surface area contributed by atoms with Gasteiger partial charge in [0.1, 0.15) is 16.2 Å². The lowest BCUT2D eigenvalue weighted by Gasteiger charge is -2.26. The summed E-state index contributed by atoms with van der Waals surface area (Å²) in [5, 5.41) is 10.4. The van der Waals surface area contributed by atoms with Gasteiger partial charge in [0.15, 0.2) is 0 Å². The highest BCUT2D eigenvalue weighted by atomic mass is 79.9. The van der Waals surface area contributed by atoms with Crippen molar-refractivity contribution in [1.29, 1.82) is 0 Å². The second-order valence-corrected chi connectivity index (χ2v) is 9.78. The van der Waals surface area contributed by atoms with E-state index in [1.165, 1.54) is 30.1 Å². The fraction of sp³-hybridized carbons (Fsp3) is 0.350. The van der Waals surface area contributed by atoms with E-state index >= 15 is 0 Å². The third-order valence-corrected chi connectivity index (χ3v) is 5.99. The summed E-state index contributed by atoms with van der Waals surface area (Å²) in [5.41, 5.74) is -0.125. The van der Waals surface area contributed by atoms with E-state index < -0.39 is 27.9 Å². The molecule has 0 radical (unpaired) electrons. The summed E-state index contributed by atoms with van der Waals surface area (Å²) in [6.45, 7) is 5.30. The number of benzene rings is 2. The SMILES string of the molecule is CN(CC(O)c1ccc(OS(=O)(=O)c2ccccc2Br)cc1)C(=O)OC(C)(C)C. The van der Waals surface area contributed by atoms with Gasteiger partial charge in [0.05, 0.1) is 12.6 Å². The summed E-state index contributed by atoms with van der Waals surface area (Å²) in [6, 6.07) is 12.3. The molecule has 0 aliphatic carbocycles. The van der Waals surface area contributed by atoms with Crippen LogP contribution < -0.4 is 4.18 Å². The highest BCUT2D eigenvalue weighted by molar-refractivity contribution is 9.10. The Labute approximate surface area is 179 Å². The Morgan fingerprint density at radius 1 is 1.14 bits per heavy atom. The van der Waals surface area contributed by atoms with Crippen molar-refractivity contribution in [2.75, 3.05) is 13.6 Å². The van der Waals surface area contributed by atoms with Crippen LogP contribution in [-0.4, -0.2) is 43.7 Å². The van der Waals surface area contributed by atoms with E-state index in [2.05, 4.69) is 15.9 Å². The minimum absolute atomic E-state index is 0.0168. The number of aliphatic hydroxyl groups is 1. The molecule has 2 aromatic carbocycles. The number of carbonyl (C=O) groups is 1. The number of ether oxygens (including phenoxy) is 1. The first-order valence-electron chi connectivity index (χ1n) is 8.80. The van der Waals surface area contributed by atoms with Gasteiger partial charge in [-0.1, -0.05) is 24.3 Å². The number of hydrogen-bond donors (Lipinski definition) is 1. The lowest BCUT2D eigenvalue weighted by molar-refractivity contribution is 0.0205. The first-order chi connectivity index (χ1) is 13.4. The van der Waals surface area contributed by atoms with Crippen molar-refractivity contribution >= 4 is 32.1 Å². The molecule has 7 nitrogen and oxygen atoms in total. The summed E-state index contributed by atoms with van der Waals surface area (Å²) < 4.78 is 35.6. The number of aliphatic hydroxyl groups excluding tert-OH is 1. The number of hydrogen-bond acceptors (Lipinski definition) is 6. The maximum atomic E-state index is 12.4. The van der Waals surface area contributed by atoms with Crippen LogP contribution in [0.15, 0.2) is 57.9 Å². The van der Waals surface area contributed by atoms with E-state index in [1.54, 1.807) is 51.1 Å². The molecule has 0 saturated carbocycles. The van der Waals surface area contributed by atoms with Crippen LogP contribution in [-0.2, 0) is 14.9 Å². The summed E-state index contributed by atoms with van der Waals surface area (Å²) in [6.07, 6.45) is -1.52. The van der Waals surface area contributed by atoms with Crippen LogP contribution in [0, 0.1) is 0 Å². The van der Waals surface area contributed by atoms with E-state index in [0.717, 1.165) is 0 Å². The lowest BCUT2D eigenvalue weighted by atomic mass is 10.1. The quantitative estimate of drug-likeness (QED) is 0.618. The Kier molecular flexibility index (Phi) is 7.31. The average Bonchev–Trinajstić information content (AvgIpc) is 2.60. The van der Waals surface area contributed by atoms with Crippen molar-refractivity contribution in [3.8, 4) is 5.75 Å². The van der Waals surface area contributed by atoms with E-state index in [1.807, 2.05) is 0 Å². The normalized spacial score (nSPS) is 12.9. The van der Waals surface area contributed by atoms with Gasteiger partial charge in [-0.05, 0) is 66.5 Å². The molecule has 0 bridgehead atoms. The summed E-state index contributed by atoms with van der Waals surface area (Å²) in [7, 11) is -2.48. The maximum absolute atomic E-state index is 12.4. The number of rotatable bonds is 6. The van der Waals surface area contributed by atoms with Gasteiger partial charge < -0.3 is 18.9 Å². The van der Waals surface area contributed by atoms with Gasteiger partial charge in [0.2, 0.25) is 0 Å². The molecule has 29 heavy (non-hydrogen) atoms. The molecule has 9 heteroatoms. The predicted octanol–water partition coefficient (Wildman–Crippen LogP) is 4.12. The number of nitrogens with zero attached hydrogens (tertiary/aromatic N) is 1. The minimum atomic E-state index is -4.00. The molecule has 2 rings (SSSR count). The van der Waals surface area contributed by atoms with Crippen LogP contribution in [0.4, 0.5) is 4.79 Å². The summed E-state index contributed by atoms with van der Waals surface area (Å²) in [4.78, 5) is 13.3. The van der Waals surface area contributed by atoms with Crippen LogP contribution >= 0.6 is 15.9 Å². The molecule has 1 unspecified atom stereocenters. The first-order valence-corrected chi connectivity index (χ1v) is 11.0. The average molecular weight is 486 g/mol. The van der Waals surface area contributed by atoms with Crippen LogP contribution in [0.2, 0.25) is 0 Å². The molecule has 0 saturated heterocycles. The van der Waals surface area contributed by atoms with Gasteiger partial charge in [-0.25, -0.2) is 4.79 Å². The molecule has 0 aromatic heterocycles. The van der Waals surface area contributed by atoms with Gasteiger partial charge in [-0.2, -0.15) is 8.42 Å². The summed E-state index contributed by atoms with van der Waals surface area (Å²) >= 11 is 3.19. The molecule has 1 N–H and O–H groups in total. The van der Waals surface area contributed by atoms with Crippen molar-refractivity contribution in [3.63, 3.8) is 0 Å². The monoisotopic (exact) mass is 485 g/mol. The van der Waals surface area contributed by atoms with E-state index in [9.17, 15) is 18.3 Å². The standard InChI is InChI=1S/C20H24BrNO6S/c1-20(2,3)27-19(24)22(4)13-17(23)14-9-11-15(12-10-14)28-29(25,26)18-8-6-5-7-16(18)21/h5-12,17,23H,13H2,1-4H3. The Bertz CT molecular complexity index is 954. The van der Waals surface area contributed by atoms with E-state index in [-0.39, 0.29) is 17.2 Å². The van der Waals surface area contributed by atoms with E-state index in [4.69, 9.17) is 8.92 Å². The topological polar surface area (TPSA) is 93.1 Å². The molecule has 2 aromatic rings. The molecule has 0 spiro atoms. The largest absolute Gasteiger partial charge is 0.444 e. The molecular formula is C20H24BrNO6S. The van der Waals surface area contributed by atoms with E-state index in [0.29, 0.717) is 10.0 Å². The van der Waals surface area contributed by atoms with Gasteiger partial charge in [-0.15, -0.1) is 0 Å². The first kappa shape index (κ1) is 23.2. The van der Waals surface area contributed by atoms with Crippen LogP contribution in [0.5, 0.6) is 5.75 Å². The van der Waals surface area contributed by atoms with Crippen LogP contribution in [0.1, 0.15) is 32.4 Å². The Hall–Kier alpha value is -2.10. The van der Waals surface area contributed by atoms with Crippen molar-refractivity contribution < 1.29 is 27.2 Å². The van der Waals surface area contributed by atoms with Crippen LogP contribution in [0.3, 0.4) is 0 Å². The Balaban J connectivity index is 2.04. The Morgan fingerprint density at radius 3 is 2.28 bits per heavy atom. The predicted molar refractivity (Wildman–Crippen MR) is 112 cm³/mol. The maximum Gasteiger partial charge on any atom is 0.410 e. The molecule has 1 amide bonds. The fourth-order valence-corrected chi connectivity index (χ4v) is 4.23. The Morgan fingerprint density at radius 2 is 1.72 bits per heavy atom. The minimum Gasteiger partial charge on any atom is -0.444 e. The smallest absolute Gasteiger partial charge is 0.410 e. The highest BCUT2D eigenvalue weighted by Gasteiger charge is 2.23. The van der Waals surface area contributed by atoms with Crippen molar-refractivity contribution in [1.82, 2.24) is 4.90 Å². The molecule has 0 aliphatic rings. The van der Waals surface area contributed by atoms with Crippen molar-refractivity contribution in [3.05, 3.63) is 58.6 Å². The molecule has 1 atom stereocenters. The van der Waals surface area contributed by atoms with Gasteiger partial charge >= 0.3 is 16.2 Å². The zero-order valence-corrected chi connectivity index (χ0v) is 19.0. The van der Waals surface area contributed by atoms with Crippen molar-refractivity contribution in [2.45, 2.75) is 37.4 Å². The van der Waals surface area contributed by atoms with Crippen LogP contribution in [0.25, 0.3) is 0 Å². The van der Waals surface area contributed by atoms with Gasteiger partial charge in [-0.3, -0.25) is 0 Å². The molecular weight excluding hydrogens is 462 g/mol. The number of carbonyl (C=O) groups excluding carboxylic acids is 1. The second kappa shape index (κ2) is 9.15. The second-order valence-electron chi connectivity index (χ2n) is 7.41. The number of amides is 1.